The van der Waals surface area contributed by atoms with Gasteiger partial charge in [-0.2, -0.15) is 5.10 Å². The quantitative estimate of drug-likeness (QED) is 0.813. The van der Waals surface area contributed by atoms with Gasteiger partial charge < -0.3 is 4.74 Å². The Morgan fingerprint density at radius 3 is 2.68 bits per heavy atom. The lowest BCUT2D eigenvalue weighted by atomic mass is 10.0. The molecular formula is C16H22N2O. The fourth-order valence-corrected chi connectivity index (χ4v) is 2.23. The molecule has 0 aliphatic heterocycles. The third-order valence-electron chi connectivity index (χ3n) is 3.20. The monoisotopic (exact) mass is 258 g/mol. The van der Waals surface area contributed by atoms with Crippen LogP contribution in [0.3, 0.4) is 0 Å². The number of nitrogens with zero attached hydrogens (tertiary/aromatic N) is 2. The normalized spacial score (nSPS) is 11.0. The van der Waals surface area contributed by atoms with Crippen LogP contribution in [0.2, 0.25) is 0 Å². The summed E-state index contributed by atoms with van der Waals surface area (Å²) in [6, 6.07) is 10.3. The van der Waals surface area contributed by atoms with Gasteiger partial charge in [0.1, 0.15) is 12.4 Å². The second-order valence-electron chi connectivity index (χ2n) is 5.07. The molecule has 0 atom stereocenters. The van der Waals surface area contributed by atoms with E-state index in [2.05, 4.69) is 44.1 Å². The minimum atomic E-state index is 0.467. The molecule has 1 heterocycles. The van der Waals surface area contributed by atoms with Gasteiger partial charge in [0.05, 0.1) is 11.4 Å². The molecule has 0 fully saturated rings. The molecule has 0 bridgehead atoms. The maximum absolute atomic E-state index is 5.98. The zero-order valence-electron chi connectivity index (χ0n) is 12.2. The van der Waals surface area contributed by atoms with Crippen molar-refractivity contribution in [3.63, 3.8) is 0 Å². The Hall–Kier alpha value is -1.77. The minimum Gasteiger partial charge on any atom is -0.487 e. The van der Waals surface area contributed by atoms with E-state index >= 15 is 0 Å². The Morgan fingerprint density at radius 1 is 1.26 bits per heavy atom. The molecule has 2 rings (SSSR count). The van der Waals surface area contributed by atoms with Gasteiger partial charge in [-0.1, -0.05) is 32.0 Å². The molecular weight excluding hydrogens is 236 g/mol. The molecule has 1 aromatic carbocycles. The molecule has 0 aliphatic carbocycles. The van der Waals surface area contributed by atoms with Crippen molar-refractivity contribution in [3.05, 3.63) is 47.3 Å². The van der Waals surface area contributed by atoms with Crippen molar-refractivity contribution in [2.45, 2.75) is 46.8 Å². The first-order valence-electron chi connectivity index (χ1n) is 6.86. The van der Waals surface area contributed by atoms with E-state index in [0.717, 1.165) is 23.7 Å². The maximum Gasteiger partial charge on any atom is 0.130 e. The van der Waals surface area contributed by atoms with Crippen LogP contribution in [-0.4, -0.2) is 9.78 Å². The lowest BCUT2D eigenvalue weighted by Gasteiger charge is -2.14. The van der Waals surface area contributed by atoms with Crippen molar-refractivity contribution in [3.8, 4) is 5.75 Å². The van der Waals surface area contributed by atoms with E-state index < -0.39 is 0 Å². The first-order chi connectivity index (χ1) is 9.11. The topological polar surface area (TPSA) is 27.1 Å². The van der Waals surface area contributed by atoms with E-state index in [1.165, 1.54) is 5.56 Å². The molecule has 1 aromatic heterocycles. The number of hydrogen-bond donors (Lipinski definition) is 0. The van der Waals surface area contributed by atoms with Gasteiger partial charge in [0.25, 0.3) is 0 Å². The highest BCUT2D eigenvalue weighted by molar-refractivity contribution is 5.35. The third-order valence-corrected chi connectivity index (χ3v) is 3.20. The summed E-state index contributed by atoms with van der Waals surface area (Å²) in [5, 5.41) is 4.44. The summed E-state index contributed by atoms with van der Waals surface area (Å²) in [5.74, 6) is 1.44. The largest absolute Gasteiger partial charge is 0.487 e. The Balaban J connectivity index is 2.14. The molecule has 102 valence electrons. The van der Waals surface area contributed by atoms with Crippen LogP contribution in [0, 0.1) is 6.92 Å². The van der Waals surface area contributed by atoms with E-state index in [-0.39, 0.29) is 0 Å². The van der Waals surface area contributed by atoms with Crippen molar-refractivity contribution >= 4 is 0 Å². The number of ether oxygens (including phenoxy) is 1. The zero-order valence-corrected chi connectivity index (χ0v) is 12.2. The van der Waals surface area contributed by atoms with Crippen LogP contribution >= 0.6 is 0 Å². The Kier molecular flexibility index (Phi) is 4.25. The molecule has 0 saturated carbocycles. The number of aromatic nitrogens is 2. The number of rotatable bonds is 5. The summed E-state index contributed by atoms with van der Waals surface area (Å²) in [4.78, 5) is 0. The van der Waals surface area contributed by atoms with Gasteiger partial charge in [-0.05, 0) is 37.5 Å². The van der Waals surface area contributed by atoms with Crippen LogP contribution in [0.1, 0.15) is 43.6 Å². The van der Waals surface area contributed by atoms with Gasteiger partial charge in [0.15, 0.2) is 0 Å². The smallest absolute Gasteiger partial charge is 0.130 e. The second kappa shape index (κ2) is 5.91. The van der Waals surface area contributed by atoms with E-state index in [1.54, 1.807) is 0 Å². The van der Waals surface area contributed by atoms with Crippen molar-refractivity contribution in [2.75, 3.05) is 0 Å². The van der Waals surface area contributed by atoms with E-state index in [9.17, 15) is 0 Å². The number of benzene rings is 1. The second-order valence-corrected chi connectivity index (χ2v) is 5.07. The van der Waals surface area contributed by atoms with Crippen LogP contribution < -0.4 is 4.74 Å². The number of hydrogen-bond acceptors (Lipinski definition) is 2. The van der Waals surface area contributed by atoms with Gasteiger partial charge >= 0.3 is 0 Å². The van der Waals surface area contributed by atoms with Gasteiger partial charge in [-0.15, -0.1) is 0 Å². The van der Waals surface area contributed by atoms with Gasteiger partial charge in [-0.25, -0.2) is 0 Å². The molecule has 0 unspecified atom stereocenters. The van der Waals surface area contributed by atoms with Crippen molar-refractivity contribution in [2.24, 2.45) is 0 Å². The van der Waals surface area contributed by atoms with Crippen molar-refractivity contribution < 1.29 is 4.74 Å². The highest BCUT2D eigenvalue weighted by Gasteiger charge is 2.09. The summed E-state index contributed by atoms with van der Waals surface area (Å²) in [6.45, 7) is 9.91. The van der Waals surface area contributed by atoms with Crippen LogP contribution in [0.15, 0.2) is 30.3 Å². The minimum absolute atomic E-state index is 0.467. The van der Waals surface area contributed by atoms with Gasteiger partial charge in [0, 0.05) is 6.54 Å². The Labute approximate surface area is 115 Å². The summed E-state index contributed by atoms with van der Waals surface area (Å²) >= 11 is 0. The lowest BCUT2D eigenvalue weighted by molar-refractivity contribution is 0.288. The van der Waals surface area contributed by atoms with Crippen molar-refractivity contribution in [1.29, 1.82) is 0 Å². The highest BCUT2D eigenvalue weighted by atomic mass is 16.5. The summed E-state index contributed by atoms with van der Waals surface area (Å²) in [5.41, 5.74) is 3.41. The number of para-hydroxylation sites is 1. The van der Waals surface area contributed by atoms with E-state index in [0.29, 0.717) is 12.5 Å². The molecule has 0 spiro atoms. The predicted octanol–water partition coefficient (Wildman–Crippen LogP) is 3.91. The molecule has 2 aromatic rings. The summed E-state index contributed by atoms with van der Waals surface area (Å²) in [7, 11) is 0. The van der Waals surface area contributed by atoms with Crippen molar-refractivity contribution in [1.82, 2.24) is 9.78 Å². The summed E-state index contributed by atoms with van der Waals surface area (Å²) < 4.78 is 7.97. The highest BCUT2D eigenvalue weighted by Crippen LogP contribution is 2.26. The average molecular weight is 258 g/mol. The predicted molar refractivity (Wildman–Crippen MR) is 77.5 cm³/mol. The Bertz CT molecular complexity index is 543. The molecule has 0 aliphatic rings. The first-order valence-corrected chi connectivity index (χ1v) is 6.86. The first kappa shape index (κ1) is 13.7. The standard InChI is InChI=1S/C16H22N2O/c1-5-18-14(10-13(4)17-18)11-19-16-9-7-6-8-15(16)12(2)3/h6-10,12H,5,11H2,1-4H3. The molecule has 3 nitrogen and oxygen atoms in total. The molecule has 0 N–H and O–H groups in total. The summed E-state index contributed by atoms with van der Waals surface area (Å²) in [6.07, 6.45) is 0. The SMILES string of the molecule is CCn1nc(C)cc1COc1ccccc1C(C)C. The Morgan fingerprint density at radius 2 is 2.00 bits per heavy atom. The zero-order chi connectivity index (χ0) is 13.8. The molecule has 0 radical (unpaired) electrons. The van der Waals surface area contributed by atoms with Crippen LogP contribution in [0.25, 0.3) is 0 Å². The van der Waals surface area contributed by atoms with E-state index in [1.807, 2.05) is 23.7 Å². The third kappa shape index (κ3) is 3.16. The number of aryl methyl sites for hydroxylation is 2. The van der Waals surface area contributed by atoms with Crippen LogP contribution in [0.5, 0.6) is 5.75 Å². The molecule has 19 heavy (non-hydrogen) atoms. The van der Waals surface area contributed by atoms with Crippen LogP contribution in [0.4, 0.5) is 0 Å². The molecule has 0 amide bonds. The van der Waals surface area contributed by atoms with E-state index in [4.69, 9.17) is 4.74 Å². The maximum atomic E-state index is 5.98. The van der Waals surface area contributed by atoms with Crippen LogP contribution in [-0.2, 0) is 13.2 Å². The fraction of sp³-hybridized carbons (Fsp3) is 0.438. The fourth-order valence-electron chi connectivity index (χ4n) is 2.23. The van der Waals surface area contributed by atoms with Gasteiger partial charge in [0.2, 0.25) is 0 Å². The lowest BCUT2D eigenvalue weighted by Crippen LogP contribution is -2.07. The molecule has 3 heteroatoms. The average Bonchev–Trinajstić information content (AvgIpc) is 2.77. The molecule has 0 saturated heterocycles. The van der Waals surface area contributed by atoms with Gasteiger partial charge in [-0.3, -0.25) is 4.68 Å².